The standard InChI is InChI=1S/C14H22BrN/c1-5-16(11-14(3,4)10-15)13-9-7-6-8-12(13)2/h6-9H,5,10-11H2,1-4H3. The van der Waals surface area contributed by atoms with Crippen LogP contribution in [0.5, 0.6) is 0 Å². The highest BCUT2D eigenvalue weighted by Gasteiger charge is 2.20. The third-order valence-corrected chi connectivity index (χ3v) is 4.34. The lowest BCUT2D eigenvalue weighted by atomic mass is 9.95. The van der Waals surface area contributed by atoms with Crippen LogP contribution in [0.1, 0.15) is 26.3 Å². The Bertz CT molecular complexity index is 333. The molecule has 0 aliphatic heterocycles. The average Bonchev–Trinajstić information content (AvgIpc) is 2.27. The van der Waals surface area contributed by atoms with Gasteiger partial charge in [-0.1, -0.05) is 48.0 Å². The van der Waals surface area contributed by atoms with Crippen molar-refractivity contribution >= 4 is 21.6 Å². The lowest BCUT2D eigenvalue weighted by Gasteiger charge is -2.33. The van der Waals surface area contributed by atoms with Gasteiger partial charge in [-0.3, -0.25) is 0 Å². The Balaban J connectivity index is 2.87. The molecule has 0 saturated carbocycles. The minimum atomic E-state index is 0.304. The smallest absolute Gasteiger partial charge is 0.0395 e. The molecule has 1 nitrogen and oxygen atoms in total. The van der Waals surface area contributed by atoms with Crippen LogP contribution in [0.4, 0.5) is 5.69 Å². The highest BCUT2D eigenvalue weighted by Crippen LogP contribution is 2.25. The van der Waals surface area contributed by atoms with E-state index in [-0.39, 0.29) is 0 Å². The van der Waals surface area contributed by atoms with Crippen molar-refractivity contribution < 1.29 is 0 Å². The summed E-state index contributed by atoms with van der Waals surface area (Å²) in [7, 11) is 0. The van der Waals surface area contributed by atoms with E-state index in [2.05, 4.69) is 72.8 Å². The highest BCUT2D eigenvalue weighted by atomic mass is 79.9. The summed E-state index contributed by atoms with van der Waals surface area (Å²) in [6, 6.07) is 8.61. The number of hydrogen-bond acceptors (Lipinski definition) is 1. The van der Waals surface area contributed by atoms with E-state index in [4.69, 9.17) is 0 Å². The first kappa shape index (κ1) is 13.6. The van der Waals surface area contributed by atoms with Gasteiger partial charge < -0.3 is 4.90 Å². The first-order valence-electron chi connectivity index (χ1n) is 5.86. The van der Waals surface area contributed by atoms with Crippen LogP contribution in [0.2, 0.25) is 0 Å². The summed E-state index contributed by atoms with van der Waals surface area (Å²) in [5, 5.41) is 1.03. The fraction of sp³-hybridized carbons (Fsp3) is 0.571. The van der Waals surface area contributed by atoms with Crippen molar-refractivity contribution in [2.75, 3.05) is 23.3 Å². The van der Waals surface area contributed by atoms with E-state index >= 15 is 0 Å². The topological polar surface area (TPSA) is 3.24 Å². The Morgan fingerprint density at radius 2 is 1.88 bits per heavy atom. The van der Waals surface area contributed by atoms with Crippen LogP contribution in [0.15, 0.2) is 24.3 Å². The molecule has 0 spiro atoms. The number of anilines is 1. The lowest BCUT2D eigenvalue weighted by molar-refractivity contribution is 0.425. The summed E-state index contributed by atoms with van der Waals surface area (Å²) >= 11 is 3.59. The summed E-state index contributed by atoms with van der Waals surface area (Å²) in [4.78, 5) is 2.45. The Labute approximate surface area is 108 Å². The van der Waals surface area contributed by atoms with E-state index in [0.29, 0.717) is 5.41 Å². The molecule has 0 aliphatic rings. The van der Waals surface area contributed by atoms with Crippen molar-refractivity contribution in [1.82, 2.24) is 0 Å². The summed E-state index contributed by atoms with van der Waals surface area (Å²) < 4.78 is 0. The fourth-order valence-corrected chi connectivity index (χ4v) is 2.02. The molecule has 0 atom stereocenters. The molecule has 0 bridgehead atoms. The maximum atomic E-state index is 3.59. The van der Waals surface area contributed by atoms with Gasteiger partial charge in [0.25, 0.3) is 0 Å². The molecule has 16 heavy (non-hydrogen) atoms. The fourth-order valence-electron chi connectivity index (χ4n) is 1.84. The number of halogens is 1. The van der Waals surface area contributed by atoms with Crippen LogP contribution in [0, 0.1) is 12.3 Å². The monoisotopic (exact) mass is 283 g/mol. The molecule has 0 fully saturated rings. The van der Waals surface area contributed by atoms with Gasteiger partial charge >= 0.3 is 0 Å². The molecular formula is C14H22BrN. The maximum absolute atomic E-state index is 3.59. The molecule has 0 aromatic heterocycles. The van der Waals surface area contributed by atoms with Gasteiger partial charge in [0.05, 0.1) is 0 Å². The summed E-state index contributed by atoms with van der Waals surface area (Å²) in [6.45, 7) is 11.1. The highest BCUT2D eigenvalue weighted by molar-refractivity contribution is 9.09. The minimum Gasteiger partial charge on any atom is -0.371 e. The number of hydrogen-bond donors (Lipinski definition) is 0. The quantitative estimate of drug-likeness (QED) is 0.731. The number of aryl methyl sites for hydroxylation is 1. The van der Waals surface area contributed by atoms with Gasteiger partial charge in [-0.15, -0.1) is 0 Å². The van der Waals surface area contributed by atoms with E-state index in [1.54, 1.807) is 0 Å². The molecule has 0 radical (unpaired) electrons. The van der Waals surface area contributed by atoms with Crippen LogP contribution >= 0.6 is 15.9 Å². The van der Waals surface area contributed by atoms with Gasteiger partial charge in [0, 0.05) is 24.1 Å². The zero-order chi connectivity index (χ0) is 12.2. The molecule has 0 unspecified atom stereocenters. The zero-order valence-electron chi connectivity index (χ0n) is 10.8. The Morgan fingerprint density at radius 3 is 2.38 bits per heavy atom. The molecule has 0 heterocycles. The van der Waals surface area contributed by atoms with E-state index in [1.165, 1.54) is 11.3 Å². The molecule has 1 aromatic rings. The molecule has 0 N–H and O–H groups in total. The zero-order valence-corrected chi connectivity index (χ0v) is 12.3. The third-order valence-electron chi connectivity index (χ3n) is 2.82. The molecular weight excluding hydrogens is 262 g/mol. The number of rotatable bonds is 5. The van der Waals surface area contributed by atoms with Crippen molar-refractivity contribution in [1.29, 1.82) is 0 Å². The second-order valence-electron chi connectivity index (χ2n) is 5.10. The van der Waals surface area contributed by atoms with Gasteiger partial charge in [0.1, 0.15) is 0 Å². The predicted molar refractivity (Wildman–Crippen MR) is 76.6 cm³/mol. The van der Waals surface area contributed by atoms with Gasteiger partial charge in [-0.2, -0.15) is 0 Å². The van der Waals surface area contributed by atoms with E-state index < -0.39 is 0 Å². The van der Waals surface area contributed by atoms with Crippen LogP contribution in [0.3, 0.4) is 0 Å². The molecule has 0 amide bonds. The van der Waals surface area contributed by atoms with Gasteiger partial charge in [-0.05, 0) is 30.9 Å². The minimum absolute atomic E-state index is 0.304. The second-order valence-corrected chi connectivity index (χ2v) is 5.66. The van der Waals surface area contributed by atoms with Crippen LogP contribution < -0.4 is 4.90 Å². The third kappa shape index (κ3) is 3.51. The second kappa shape index (κ2) is 5.72. The predicted octanol–water partition coefficient (Wildman–Crippen LogP) is 4.24. The molecule has 1 rings (SSSR count). The molecule has 1 aromatic carbocycles. The van der Waals surface area contributed by atoms with Crippen molar-refractivity contribution in [2.24, 2.45) is 5.41 Å². The molecule has 2 heteroatoms. The van der Waals surface area contributed by atoms with E-state index in [1.807, 2.05) is 0 Å². The van der Waals surface area contributed by atoms with Crippen molar-refractivity contribution in [3.05, 3.63) is 29.8 Å². The Hall–Kier alpha value is -0.500. The van der Waals surface area contributed by atoms with Gasteiger partial charge in [0.15, 0.2) is 0 Å². The van der Waals surface area contributed by atoms with Gasteiger partial charge in [-0.25, -0.2) is 0 Å². The maximum Gasteiger partial charge on any atom is 0.0395 e. The van der Waals surface area contributed by atoms with Crippen LogP contribution in [-0.2, 0) is 0 Å². The lowest BCUT2D eigenvalue weighted by Crippen LogP contribution is -2.35. The normalized spacial score (nSPS) is 11.6. The Kier molecular flexibility index (Phi) is 4.85. The van der Waals surface area contributed by atoms with Crippen LogP contribution in [-0.4, -0.2) is 18.4 Å². The Morgan fingerprint density at radius 1 is 1.25 bits per heavy atom. The summed E-state index contributed by atoms with van der Waals surface area (Å²) in [5.41, 5.74) is 3.02. The first-order chi connectivity index (χ1) is 7.50. The van der Waals surface area contributed by atoms with E-state index in [9.17, 15) is 0 Å². The summed E-state index contributed by atoms with van der Waals surface area (Å²) in [6.07, 6.45) is 0. The number of nitrogens with zero attached hydrogens (tertiary/aromatic N) is 1. The number of para-hydroxylation sites is 1. The summed E-state index contributed by atoms with van der Waals surface area (Å²) in [5.74, 6) is 0. The molecule has 0 saturated heterocycles. The largest absolute Gasteiger partial charge is 0.371 e. The average molecular weight is 284 g/mol. The number of alkyl halides is 1. The van der Waals surface area contributed by atoms with Crippen molar-refractivity contribution in [3.63, 3.8) is 0 Å². The van der Waals surface area contributed by atoms with Gasteiger partial charge in [0.2, 0.25) is 0 Å². The molecule has 90 valence electrons. The SMILES string of the molecule is CCN(CC(C)(C)CBr)c1ccccc1C. The van der Waals surface area contributed by atoms with Crippen molar-refractivity contribution in [2.45, 2.75) is 27.7 Å². The molecule has 0 aliphatic carbocycles. The number of benzene rings is 1. The van der Waals surface area contributed by atoms with Crippen LogP contribution in [0.25, 0.3) is 0 Å². The van der Waals surface area contributed by atoms with E-state index in [0.717, 1.165) is 18.4 Å². The first-order valence-corrected chi connectivity index (χ1v) is 6.99. The van der Waals surface area contributed by atoms with Crippen molar-refractivity contribution in [3.8, 4) is 0 Å².